The molecule has 0 atom stereocenters. The van der Waals surface area contributed by atoms with Crippen molar-refractivity contribution in [2.75, 3.05) is 13.3 Å². The summed E-state index contributed by atoms with van der Waals surface area (Å²) in [5.74, 6) is 0.629. The molecule has 0 saturated carbocycles. The Morgan fingerprint density at radius 2 is 2.45 bits per heavy atom. The number of hydrogen-bond acceptors (Lipinski definition) is 2. The Labute approximate surface area is 72.5 Å². The van der Waals surface area contributed by atoms with Gasteiger partial charge in [-0.15, -0.1) is 0 Å². The molecule has 1 rings (SSSR count). The van der Waals surface area contributed by atoms with Crippen molar-refractivity contribution in [2.24, 2.45) is 0 Å². The molecule has 0 unspecified atom stereocenters. The van der Waals surface area contributed by atoms with Crippen molar-refractivity contribution >= 4 is 15.9 Å². The monoisotopic (exact) mass is 219 g/mol. The zero-order chi connectivity index (χ0) is 8.10. The number of halogens is 2. The van der Waals surface area contributed by atoms with E-state index in [1.165, 1.54) is 0 Å². The zero-order valence-corrected chi connectivity index (χ0v) is 7.34. The summed E-state index contributed by atoms with van der Waals surface area (Å²) in [4.78, 5) is 3.89. The molecule has 60 valence electrons. The van der Waals surface area contributed by atoms with Gasteiger partial charge in [0.1, 0.15) is 23.6 Å². The van der Waals surface area contributed by atoms with E-state index in [1.807, 2.05) is 0 Å². The van der Waals surface area contributed by atoms with Gasteiger partial charge in [0.05, 0.1) is 0 Å². The average Bonchev–Trinajstić information content (AvgIpc) is 2.01. The van der Waals surface area contributed by atoms with Crippen LogP contribution in [0.25, 0.3) is 0 Å². The van der Waals surface area contributed by atoms with E-state index in [0.717, 1.165) is 0 Å². The lowest BCUT2D eigenvalue weighted by molar-refractivity contribution is 0.273. The molecule has 0 aliphatic carbocycles. The lowest BCUT2D eigenvalue weighted by Gasteiger charge is -2.01. The van der Waals surface area contributed by atoms with Gasteiger partial charge in [0.15, 0.2) is 0 Å². The molecule has 4 heteroatoms. The smallest absolute Gasteiger partial charge is 0.123 e. The van der Waals surface area contributed by atoms with Crippen LogP contribution in [-0.2, 0) is 0 Å². The zero-order valence-electron chi connectivity index (χ0n) is 5.76. The van der Waals surface area contributed by atoms with Crippen LogP contribution in [0.4, 0.5) is 4.39 Å². The summed E-state index contributed by atoms with van der Waals surface area (Å²) in [6.45, 7) is -0.379. The molecule has 0 aliphatic rings. The third kappa shape index (κ3) is 2.84. The first kappa shape index (κ1) is 8.46. The molecular weight excluding hydrogens is 213 g/mol. The van der Waals surface area contributed by atoms with Crippen LogP contribution in [0.5, 0.6) is 5.75 Å². The highest BCUT2D eigenvalue weighted by Gasteiger charge is 1.93. The van der Waals surface area contributed by atoms with Gasteiger partial charge in [0.25, 0.3) is 0 Å². The van der Waals surface area contributed by atoms with Crippen LogP contribution in [0.15, 0.2) is 22.9 Å². The van der Waals surface area contributed by atoms with E-state index in [-0.39, 0.29) is 6.61 Å². The second-order valence-corrected chi connectivity index (χ2v) is 2.66. The van der Waals surface area contributed by atoms with Crippen LogP contribution in [0.1, 0.15) is 0 Å². The minimum atomic E-state index is -0.472. The first-order chi connectivity index (χ1) is 5.33. The summed E-state index contributed by atoms with van der Waals surface area (Å²) in [6.07, 6.45) is 1.59. The summed E-state index contributed by atoms with van der Waals surface area (Å²) in [5.41, 5.74) is 0. The van der Waals surface area contributed by atoms with E-state index < -0.39 is 6.67 Å². The van der Waals surface area contributed by atoms with Crippen LogP contribution < -0.4 is 4.74 Å². The number of aromatic nitrogens is 1. The number of pyridine rings is 1. The number of hydrogen-bond donors (Lipinski definition) is 0. The van der Waals surface area contributed by atoms with Crippen molar-refractivity contribution in [1.82, 2.24) is 4.98 Å². The van der Waals surface area contributed by atoms with Crippen LogP contribution in [-0.4, -0.2) is 18.3 Å². The fourth-order valence-corrected chi connectivity index (χ4v) is 0.975. The third-order valence-corrected chi connectivity index (χ3v) is 1.48. The molecule has 0 radical (unpaired) electrons. The minimum absolute atomic E-state index is 0.0937. The second kappa shape index (κ2) is 4.28. The second-order valence-electron chi connectivity index (χ2n) is 1.85. The molecule has 1 aromatic heterocycles. The summed E-state index contributed by atoms with van der Waals surface area (Å²) in [6, 6.07) is 3.37. The summed E-state index contributed by atoms with van der Waals surface area (Å²) < 4.78 is 17.3. The SMILES string of the molecule is FCCOc1ccnc(Br)c1. The quantitative estimate of drug-likeness (QED) is 0.728. The summed E-state index contributed by atoms with van der Waals surface area (Å²) in [5, 5.41) is 0. The maximum absolute atomic E-state index is 11.6. The van der Waals surface area contributed by atoms with Crippen molar-refractivity contribution in [3.8, 4) is 5.75 Å². The van der Waals surface area contributed by atoms with Crippen molar-refractivity contribution in [1.29, 1.82) is 0 Å². The topological polar surface area (TPSA) is 22.1 Å². The van der Waals surface area contributed by atoms with Gasteiger partial charge in [-0.05, 0) is 22.0 Å². The Morgan fingerprint density at radius 1 is 1.64 bits per heavy atom. The van der Waals surface area contributed by atoms with E-state index in [1.54, 1.807) is 18.3 Å². The molecular formula is C7H7BrFNO. The molecule has 1 heterocycles. The fourth-order valence-electron chi connectivity index (χ4n) is 0.631. The number of ether oxygens (including phenoxy) is 1. The Bertz CT molecular complexity index is 231. The predicted molar refractivity (Wildman–Crippen MR) is 43.4 cm³/mol. The molecule has 0 bridgehead atoms. The minimum Gasteiger partial charge on any atom is -0.491 e. The van der Waals surface area contributed by atoms with Gasteiger partial charge in [-0.2, -0.15) is 0 Å². The van der Waals surface area contributed by atoms with E-state index in [4.69, 9.17) is 4.74 Å². The summed E-state index contributed by atoms with van der Waals surface area (Å²) >= 11 is 3.17. The van der Waals surface area contributed by atoms with Gasteiger partial charge in [-0.25, -0.2) is 9.37 Å². The number of nitrogens with zero attached hydrogens (tertiary/aromatic N) is 1. The Morgan fingerprint density at radius 3 is 3.09 bits per heavy atom. The molecule has 1 aromatic rings. The first-order valence-electron chi connectivity index (χ1n) is 3.13. The molecule has 11 heavy (non-hydrogen) atoms. The van der Waals surface area contributed by atoms with Gasteiger partial charge >= 0.3 is 0 Å². The van der Waals surface area contributed by atoms with Crippen LogP contribution in [0, 0.1) is 0 Å². The molecule has 0 fully saturated rings. The van der Waals surface area contributed by atoms with Crippen molar-refractivity contribution in [3.05, 3.63) is 22.9 Å². The standard InChI is InChI=1S/C7H7BrFNO/c8-7-5-6(1-3-10-7)11-4-2-9/h1,3,5H,2,4H2. The van der Waals surface area contributed by atoms with E-state index >= 15 is 0 Å². The lowest BCUT2D eigenvalue weighted by atomic mass is 10.4. The molecule has 0 aromatic carbocycles. The Balaban J connectivity index is 2.56. The molecule has 0 spiro atoms. The third-order valence-electron chi connectivity index (χ3n) is 1.04. The van der Waals surface area contributed by atoms with Crippen LogP contribution in [0.2, 0.25) is 0 Å². The first-order valence-corrected chi connectivity index (χ1v) is 3.92. The van der Waals surface area contributed by atoms with Gasteiger partial charge in [0.2, 0.25) is 0 Å². The average molecular weight is 220 g/mol. The van der Waals surface area contributed by atoms with Gasteiger partial charge in [-0.1, -0.05) is 0 Å². The van der Waals surface area contributed by atoms with E-state index in [2.05, 4.69) is 20.9 Å². The largest absolute Gasteiger partial charge is 0.491 e. The highest BCUT2D eigenvalue weighted by molar-refractivity contribution is 9.10. The van der Waals surface area contributed by atoms with Crippen LogP contribution >= 0.6 is 15.9 Å². The maximum Gasteiger partial charge on any atom is 0.123 e. The van der Waals surface area contributed by atoms with Crippen molar-refractivity contribution in [2.45, 2.75) is 0 Å². The number of alkyl halides is 1. The molecule has 0 saturated heterocycles. The molecule has 0 amide bonds. The van der Waals surface area contributed by atoms with Gasteiger partial charge in [0, 0.05) is 12.3 Å². The molecule has 0 aliphatic heterocycles. The predicted octanol–water partition coefficient (Wildman–Crippen LogP) is 2.19. The Hall–Kier alpha value is -0.640. The Kier molecular flexibility index (Phi) is 3.29. The molecule has 2 nitrogen and oxygen atoms in total. The van der Waals surface area contributed by atoms with E-state index in [0.29, 0.717) is 10.4 Å². The number of rotatable bonds is 3. The normalized spacial score (nSPS) is 9.64. The van der Waals surface area contributed by atoms with Crippen molar-refractivity contribution in [3.63, 3.8) is 0 Å². The van der Waals surface area contributed by atoms with Crippen molar-refractivity contribution < 1.29 is 9.13 Å². The van der Waals surface area contributed by atoms with Gasteiger partial charge < -0.3 is 4.74 Å². The van der Waals surface area contributed by atoms with Gasteiger partial charge in [-0.3, -0.25) is 0 Å². The highest BCUT2D eigenvalue weighted by Crippen LogP contribution is 2.14. The summed E-state index contributed by atoms with van der Waals surface area (Å²) in [7, 11) is 0. The van der Waals surface area contributed by atoms with Crippen LogP contribution in [0.3, 0.4) is 0 Å². The van der Waals surface area contributed by atoms with E-state index in [9.17, 15) is 4.39 Å². The molecule has 0 N–H and O–H groups in total. The maximum atomic E-state index is 11.6. The lowest BCUT2D eigenvalue weighted by Crippen LogP contribution is -1.98. The fraction of sp³-hybridized carbons (Fsp3) is 0.286. The highest BCUT2D eigenvalue weighted by atomic mass is 79.9.